The number of nitrogens with zero attached hydrogens (tertiary/aromatic N) is 6. The molecule has 18 heteroatoms. The minimum atomic E-state index is -5.08. The van der Waals surface area contributed by atoms with Gasteiger partial charge in [0.25, 0.3) is 0 Å². The molecule has 256 valence electrons. The van der Waals surface area contributed by atoms with Gasteiger partial charge in [-0.05, 0) is 51.4 Å². The van der Waals surface area contributed by atoms with Gasteiger partial charge in [0.2, 0.25) is 11.7 Å². The van der Waals surface area contributed by atoms with Gasteiger partial charge in [-0.25, -0.2) is 19.4 Å². The molecule has 0 aliphatic carbocycles. The minimum Gasteiger partial charge on any atom is -0.475 e. The number of carboxylic acids is 2. The first-order chi connectivity index (χ1) is 22.0. The number of aliphatic carboxylic acids is 2. The number of piperidine rings is 1. The van der Waals surface area contributed by atoms with E-state index in [1.165, 1.54) is 6.42 Å². The Kier molecular flexibility index (Phi) is 10.6. The number of aromatic nitrogens is 3. The molecule has 12 nitrogen and oxygen atoms in total. The summed E-state index contributed by atoms with van der Waals surface area (Å²) in [6.07, 6.45) is -6.13. The highest BCUT2D eigenvalue weighted by atomic mass is 19.4. The number of para-hydroxylation sites is 1. The number of carbonyl (C=O) groups excluding carboxylic acids is 1. The van der Waals surface area contributed by atoms with Gasteiger partial charge in [-0.1, -0.05) is 29.4 Å². The number of likely N-dealkylation sites (tertiary alicyclic amines) is 3. The molecule has 2 amide bonds. The maximum Gasteiger partial charge on any atom is 0.490 e. The maximum atomic E-state index is 13.1. The van der Waals surface area contributed by atoms with E-state index in [-0.39, 0.29) is 11.9 Å². The second-order valence-electron chi connectivity index (χ2n) is 11.7. The third kappa shape index (κ3) is 9.08. The van der Waals surface area contributed by atoms with Gasteiger partial charge in [0.1, 0.15) is 5.69 Å². The Labute approximate surface area is 263 Å². The molecule has 3 fully saturated rings. The number of carbonyl (C=O) groups is 3. The third-order valence-corrected chi connectivity index (χ3v) is 8.21. The van der Waals surface area contributed by atoms with Crippen LogP contribution in [0.4, 0.5) is 31.1 Å². The fourth-order valence-corrected chi connectivity index (χ4v) is 5.80. The second-order valence-corrected chi connectivity index (χ2v) is 11.7. The number of pyridine rings is 1. The van der Waals surface area contributed by atoms with Gasteiger partial charge in [0.05, 0.1) is 5.52 Å². The first-order valence-corrected chi connectivity index (χ1v) is 14.5. The molecule has 2 N–H and O–H groups in total. The average molecular weight is 675 g/mol. The molecule has 3 saturated heterocycles. The van der Waals surface area contributed by atoms with E-state index in [4.69, 9.17) is 24.3 Å². The number of fused-ring (bicyclic) bond motifs is 1. The molecule has 2 aromatic heterocycles. The van der Waals surface area contributed by atoms with Crippen LogP contribution >= 0.6 is 0 Å². The highest BCUT2D eigenvalue weighted by Crippen LogP contribution is 2.39. The summed E-state index contributed by atoms with van der Waals surface area (Å²) in [7, 11) is 2.18. The summed E-state index contributed by atoms with van der Waals surface area (Å²) in [5.74, 6) is -4.15. The van der Waals surface area contributed by atoms with Crippen LogP contribution in [0.15, 0.2) is 40.9 Å². The largest absolute Gasteiger partial charge is 0.490 e. The van der Waals surface area contributed by atoms with Crippen LogP contribution in [0, 0.1) is 5.41 Å². The van der Waals surface area contributed by atoms with Crippen molar-refractivity contribution in [1.82, 2.24) is 29.8 Å². The van der Waals surface area contributed by atoms with Crippen molar-refractivity contribution in [2.45, 2.75) is 44.0 Å². The van der Waals surface area contributed by atoms with Crippen LogP contribution < -0.4 is 0 Å². The van der Waals surface area contributed by atoms with Crippen LogP contribution in [0.2, 0.25) is 0 Å². The van der Waals surface area contributed by atoms with Gasteiger partial charge in [-0.3, -0.25) is 0 Å². The quantitative estimate of drug-likeness (QED) is 0.360. The van der Waals surface area contributed by atoms with E-state index >= 15 is 0 Å². The summed E-state index contributed by atoms with van der Waals surface area (Å²) in [6, 6.07) is 12.2. The second kappa shape index (κ2) is 14.1. The topological polar surface area (TPSA) is 153 Å². The standard InChI is InChI=1S/C25H30N6O2.2C2HF3O2/c1-29-14-10-25(16-29)11-15-31(17-25)24(32)30-12-8-19(9-13-30)23-27-22(28-33-23)21-7-6-18-4-2-3-5-20(18)26-21;2*3-2(4,5)1(6)7/h2-7,19H,8-17H2,1H3;2*(H,6,7). The SMILES string of the molecule is CN1CCC2(CCN(C(=O)N3CCC(c4nc(-c5ccc6ccccc6n5)no4)CC3)C2)C1.O=C(O)C(F)(F)F.O=C(O)C(F)(F)F. The summed E-state index contributed by atoms with van der Waals surface area (Å²) in [5.41, 5.74) is 1.96. The van der Waals surface area contributed by atoms with E-state index in [9.17, 15) is 31.1 Å². The summed E-state index contributed by atoms with van der Waals surface area (Å²) in [6.45, 7) is 5.52. The third-order valence-electron chi connectivity index (χ3n) is 8.21. The maximum absolute atomic E-state index is 13.1. The summed E-state index contributed by atoms with van der Waals surface area (Å²) in [4.78, 5) is 46.7. The van der Waals surface area contributed by atoms with Crippen LogP contribution in [0.3, 0.4) is 0 Å². The highest BCUT2D eigenvalue weighted by Gasteiger charge is 2.45. The van der Waals surface area contributed by atoms with Crippen LogP contribution in [0.5, 0.6) is 0 Å². The normalized spacial score (nSPS) is 20.5. The monoisotopic (exact) mass is 674 g/mol. The lowest BCUT2D eigenvalue weighted by molar-refractivity contribution is -0.193. The number of hydrogen-bond donors (Lipinski definition) is 2. The van der Waals surface area contributed by atoms with Crippen LogP contribution in [-0.4, -0.2) is 117 Å². The Balaban J connectivity index is 0.000000301. The Hall–Kier alpha value is -4.48. The van der Waals surface area contributed by atoms with Crippen molar-refractivity contribution in [2.75, 3.05) is 46.3 Å². The number of carboxylic acid groups (broad SMARTS) is 2. The van der Waals surface area contributed by atoms with Gasteiger partial charge in [-0.2, -0.15) is 31.3 Å². The summed E-state index contributed by atoms with van der Waals surface area (Å²) in [5, 5.41) is 19.5. The van der Waals surface area contributed by atoms with E-state index < -0.39 is 24.3 Å². The van der Waals surface area contributed by atoms with Crippen molar-refractivity contribution in [3.05, 3.63) is 42.3 Å². The van der Waals surface area contributed by atoms with Crippen molar-refractivity contribution in [3.63, 3.8) is 0 Å². The van der Waals surface area contributed by atoms with Crippen LogP contribution in [0.1, 0.15) is 37.5 Å². The number of urea groups is 1. The van der Waals surface area contributed by atoms with Gasteiger partial charge < -0.3 is 29.4 Å². The molecule has 0 saturated carbocycles. The lowest BCUT2D eigenvalue weighted by atomic mass is 9.86. The molecule has 0 bridgehead atoms. The zero-order valence-corrected chi connectivity index (χ0v) is 25.1. The average Bonchev–Trinajstić information content (AvgIpc) is 3.77. The molecule has 1 spiro atoms. The fraction of sp³-hybridized carbons (Fsp3) is 0.517. The smallest absolute Gasteiger partial charge is 0.475 e. The highest BCUT2D eigenvalue weighted by molar-refractivity contribution is 5.80. The zero-order chi connectivity index (χ0) is 34.6. The Morgan fingerprint density at radius 2 is 1.43 bits per heavy atom. The summed E-state index contributed by atoms with van der Waals surface area (Å²) >= 11 is 0. The van der Waals surface area contributed by atoms with Gasteiger partial charge >= 0.3 is 30.3 Å². The van der Waals surface area contributed by atoms with E-state index in [1.54, 1.807) is 0 Å². The van der Waals surface area contributed by atoms with Crippen molar-refractivity contribution >= 4 is 28.9 Å². The molecular formula is C29H32F6N6O6. The van der Waals surface area contributed by atoms with E-state index in [1.807, 2.05) is 41.3 Å². The van der Waals surface area contributed by atoms with Crippen LogP contribution in [-0.2, 0) is 9.59 Å². The predicted molar refractivity (Wildman–Crippen MR) is 152 cm³/mol. The predicted octanol–water partition coefficient (Wildman–Crippen LogP) is 4.88. The van der Waals surface area contributed by atoms with Crippen molar-refractivity contribution < 1.29 is 55.5 Å². The molecule has 0 radical (unpaired) electrons. The number of alkyl halides is 6. The molecule has 3 aliphatic heterocycles. The number of halogens is 6. The number of amides is 2. The lowest BCUT2D eigenvalue weighted by Crippen LogP contribution is -2.46. The Bertz CT molecular complexity index is 1550. The molecule has 47 heavy (non-hydrogen) atoms. The zero-order valence-electron chi connectivity index (χ0n) is 25.1. The van der Waals surface area contributed by atoms with Gasteiger partial charge in [0, 0.05) is 49.4 Å². The van der Waals surface area contributed by atoms with Gasteiger partial charge in [-0.15, -0.1) is 0 Å². The number of rotatable bonds is 2. The molecule has 3 aromatic rings. The van der Waals surface area contributed by atoms with Crippen molar-refractivity contribution in [2.24, 2.45) is 5.41 Å². The fourth-order valence-electron chi connectivity index (χ4n) is 5.80. The van der Waals surface area contributed by atoms with Crippen molar-refractivity contribution in [1.29, 1.82) is 0 Å². The van der Waals surface area contributed by atoms with Gasteiger partial charge in [0.15, 0.2) is 0 Å². The first-order valence-electron chi connectivity index (χ1n) is 14.5. The van der Waals surface area contributed by atoms with E-state index in [0.29, 0.717) is 17.1 Å². The van der Waals surface area contributed by atoms with Crippen molar-refractivity contribution in [3.8, 4) is 11.5 Å². The first kappa shape index (κ1) is 35.4. The Morgan fingerprint density at radius 3 is 2.00 bits per heavy atom. The van der Waals surface area contributed by atoms with E-state index in [2.05, 4.69) is 32.0 Å². The molecular weight excluding hydrogens is 642 g/mol. The molecule has 5 heterocycles. The lowest BCUT2D eigenvalue weighted by Gasteiger charge is -2.34. The van der Waals surface area contributed by atoms with E-state index in [0.717, 1.165) is 75.1 Å². The number of benzene rings is 1. The Morgan fingerprint density at radius 1 is 0.830 bits per heavy atom. The molecule has 6 rings (SSSR count). The molecule has 1 aromatic carbocycles. The molecule has 1 unspecified atom stereocenters. The minimum absolute atomic E-state index is 0.184. The molecule has 3 aliphatic rings. The molecule has 1 atom stereocenters. The number of hydrogen-bond acceptors (Lipinski definition) is 8. The van der Waals surface area contributed by atoms with Crippen LogP contribution in [0.25, 0.3) is 22.4 Å². The summed E-state index contributed by atoms with van der Waals surface area (Å²) < 4.78 is 69.1.